The van der Waals surface area contributed by atoms with E-state index >= 15 is 0 Å². The zero-order valence-corrected chi connectivity index (χ0v) is 12.7. The molecule has 0 saturated heterocycles. The van der Waals surface area contributed by atoms with Gasteiger partial charge < -0.3 is 15.8 Å². The number of carbonyl (C=O) groups excluding carboxylic acids is 1. The van der Waals surface area contributed by atoms with Crippen molar-refractivity contribution in [1.29, 1.82) is 0 Å². The van der Waals surface area contributed by atoms with Gasteiger partial charge in [0.15, 0.2) is 5.16 Å². The van der Waals surface area contributed by atoms with E-state index in [2.05, 4.69) is 15.5 Å². The number of thioether (sulfide) groups is 1. The van der Waals surface area contributed by atoms with Crippen LogP contribution in [0.3, 0.4) is 0 Å². The third kappa shape index (κ3) is 3.66. The summed E-state index contributed by atoms with van der Waals surface area (Å²) in [6.45, 7) is 2.05. The van der Waals surface area contributed by atoms with Crippen molar-refractivity contribution in [3.05, 3.63) is 24.3 Å². The maximum Gasteiger partial charge on any atom is 0.244 e. The molecule has 0 aliphatic rings. The van der Waals surface area contributed by atoms with Gasteiger partial charge in [-0.2, -0.15) is 0 Å². The molecule has 0 saturated carbocycles. The summed E-state index contributed by atoms with van der Waals surface area (Å²) in [5, 5.41) is 11.2. The van der Waals surface area contributed by atoms with Crippen molar-refractivity contribution in [2.45, 2.75) is 18.6 Å². The molecule has 0 aliphatic heterocycles. The molecule has 0 aliphatic carbocycles. The van der Waals surface area contributed by atoms with Gasteiger partial charge in [0.25, 0.3) is 0 Å². The van der Waals surface area contributed by atoms with Crippen molar-refractivity contribution in [2.24, 2.45) is 0 Å². The lowest BCUT2D eigenvalue weighted by Gasteiger charge is -2.11. The number of nitrogens with zero attached hydrogens (tertiary/aromatic N) is 3. The van der Waals surface area contributed by atoms with Crippen molar-refractivity contribution in [1.82, 2.24) is 14.8 Å². The van der Waals surface area contributed by atoms with Gasteiger partial charge in [0.1, 0.15) is 12.3 Å². The molecule has 112 valence electrons. The summed E-state index contributed by atoms with van der Waals surface area (Å²) in [6, 6.07) is 7.21. The highest BCUT2D eigenvalue weighted by molar-refractivity contribution is 7.99. The van der Waals surface area contributed by atoms with Crippen LogP contribution in [0.5, 0.6) is 5.75 Å². The Morgan fingerprint density at radius 3 is 2.90 bits per heavy atom. The number of carbonyl (C=O) groups is 1. The zero-order valence-electron chi connectivity index (χ0n) is 11.9. The van der Waals surface area contributed by atoms with Gasteiger partial charge in [-0.1, -0.05) is 30.8 Å². The van der Waals surface area contributed by atoms with Crippen LogP contribution in [-0.2, 0) is 11.3 Å². The number of hydrogen-bond acceptors (Lipinski definition) is 6. The van der Waals surface area contributed by atoms with Gasteiger partial charge in [0, 0.05) is 0 Å². The van der Waals surface area contributed by atoms with Crippen LogP contribution in [0, 0.1) is 0 Å². The summed E-state index contributed by atoms with van der Waals surface area (Å²) in [5.41, 5.74) is 6.35. The highest BCUT2D eigenvalue weighted by Gasteiger charge is 2.14. The summed E-state index contributed by atoms with van der Waals surface area (Å²) >= 11 is 1.48. The van der Waals surface area contributed by atoms with Crippen molar-refractivity contribution in [3.63, 3.8) is 0 Å². The SMILES string of the molecule is CCSc1nnc(N)n1CC(=O)Nc1ccccc1OC. The maximum atomic E-state index is 12.1. The maximum absolute atomic E-state index is 12.1. The van der Waals surface area contributed by atoms with E-state index in [1.807, 2.05) is 19.1 Å². The number of hydrogen-bond donors (Lipinski definition) is 2. The van der Waals surface area contributed by atoms with Crippen LogP contribution in [0.25, 0.3) is 0 Å². The van der Waals surface area contributed by atoms with Crippen LogP contribution in [-0.4, -0.2) is 33.5 Å². The van der Waals surface area contributed by atoms with Crippen LogP contribution >= 0.6 is 11.8 Å². The number of anilines is 2. The average molecular weight is 307 g/mol. The molecule has 0 fully saturated rings. The Labute approximate surface area is 126 Å². The van der Waals surface area contributed by atoms with Gasteiger partial charge in [-0.3, -0.25) is 9.36 Å². The minimum Gasteiger partial charge on any atom is -0.495 e. The standard InChI is InChI=1S/C13H17N5O2S/c1-3-21-13-17-16-12(14)18(13)8-11(19)15-9-6-4-5-7-10(9)20-2/h4-7H,3,8H2,1-2H3,(H2,14,16)(H,15,19). The number of para-hydroxylation sites is 2. The summed E-state index contributed by atoms with van der Waals surface area (Å²) in [6.07, 6.45) is 0. The molecule has 8 heteroatoms. The summed E-state index contributed by atoms with van der Waals surface area (Å²) in [4.78, 5) is 12.1. The van der Waals surface area contributed by atoms with E-state index in [1.54, 1.807) is 23.8 Å². The second-order valence-corrected chi connectivity index (χ2v) is 5.34. The topological polar surface area (TPSA) is 95.1 Å². The third-order valence-corrected chi connectivity index (χ3v) is 3.55. The lowest BCUT2D eigenvalue weighted by molar-refractivity contribution is -0.116. The fraction of sp³-hybridized carbons (Fsp3) is 0.308. The molecule has 1 amide bonds. The average Bonchev–Trinajstić information content (AvgIpc) is 2.81. The van der Waals surface area contributed by atoms with Crippen LogP contribution in [0.2, 0.25) is 0 Å². The molecule has 0 bridgehead atoms. The van der Waals surface area contributed by atoms with Crippen molar-refractivity contribution < 1.29 is 9.53 Å². The highest BCUT2D eigenvalue weighted by atomic mass is 32.2. The van der Waals surface area contributed by atoms with Crippen LogP contribution < -0.4 is 15.8 Å². The fourth-order valence-corrected chi connectivity index (χ4v) is 2.44. The van der Waals surface area contributed by atoms with Gasteiger partial charge in [-0.15, -0.1) is 10.2 Å². The number of ether oxygens (including phenoxy) is 1. The number of nitrogens with one attached hydrogen (secondary N) is 1. The van der Waals surface area contributed by atoms with Crippen molar-refractivity contribution in [3.8, 4) is 5.75 Å². The van der Waals surface area contributed by atoms with Gasteiger partial charge in [0.2, 0.25) is 11.9 Å². The molecule has 2 rings (SSSR count). The molecule has 2 aromatic rings. The second-order valence-electron chi connectivity index (χ2n) is 4.11. The first kappa shape index (κ1) is 15.2. The predicted molar refractivity (Wildman–Crippen MR) is 82.5 cm³/mol. The van der Waals surface area contributed by atoms with E-state index in [0.29, 0.717) is 16.6 Å². The Balaban J connectivity index is 2.10. The first-order valence-corrected chi connectivity index (χ1v) is 7.38. The molecule has 1 aromatic heterocycles. The quantitative estimate of drug-likeness (QED) is 0.787. The number of rotatable bonds is 6. The second kappa shape index (κ2) is 6.98. The minimum atomic E-state index is -0.219. The van der Waals surface area contributed by atoms with Crippen LogP contribution in [0.1, 0.15) is 6.92 Å². The molecular formula is C13H17N5O2S. The molecule has 0 spiro atoms. The van der Waals surface area contributed by atoms with E-state index in [-0.39, 0.29) is 18.4 Å². The van der Waals surface area contributed by atoms with Gasteiger partial charge in [-0.05, 0) is 17.9 Å². The van der Waals surface area contributed by atoms with E-state index in [0.717, 1.165) is 5.75 Å². The summed E-state index contributed by atoms with van der Waals surface area (Å²) < 4.78 is 6.77. The number of nitrogen functional groups attached to an aromatic ring is 1. The monoisotopic (exact) mass is 307 g/mol. The number of nitrogens with two attached hydrogens (primary N) is 1. The molecule has 0 atom stereocenters. The van der Waals surface area contributed by atoms with Gasteiger partial charge >= 0.3 is 0 Å². The molecule has 1 heterocycles. The Morgan fingerprint density at radius 2 is 2.19 bits per heavy atom. The van der Waals surface area contributed by atoms with Gasteiger partial charge in [-0.25, -0.2) is 0 Å². The van der Waals surface area contributed by atoms with Gasteiger partial charge in [0.05, 0.1) is 12.8 Å². The molecule has 0 unspecified atom stereocenters. The first-order valence-electron chi connectivity index (χ1n) is 6.40. The van der Waals surface area contributed by atoms with E-state index in [4.69, 9.17) is 10.5 Å². The highest BCUT2D eigenvalue weighted by Crippen LogP contribution is 2.23. The smallest absolute Gasteiger partial charge is 0.244 e. The van der Waals surface area contributed by atoms with E-state index in [1.165, 1.54) is 11.8 Å². The van der Waals surface area contributed by atoms with Crippen LogP contribution in [0.4, 0.5) is 11.6 Å². The molecular weight excluding hydrogens is 290 g/mol. The molecule has 21 heavy (non-hydrogen) atoms. The lowest BCUT2D eigenvalue weighted by atomic mass is 10.3. The van der Waals surface area contributed by atoms with Crippen molar-refractivity contribution >= 4 is 29.3 Å². The number of benzene rings is 1. The lowest BCUT2D eigenvalue weighted by Crippen LogP contribution is -2.20. The predicted octanol–water partition coefficient (Wildman–Crippen LogP) is 1.62. The number of aromatic nitrogens is 3. The Kier molecular flexibility index (Phi) is 5.04. The largest absolute Gasteiger partial charge is 0.495 e. The van der Waals surface area contributed by atoms with Crippen LogP contribution in [0.15, 0.2) is 29.4 Å². The first-order chi connectivity index (χ1) is 10.2. The fourth-order valence-electron chi connectivity index (χ4n) is 1.77. The van der Waals surface area contributed by atoms with E-state index < -0.39 is 0 Å². The normalized spacial score (nSPS) is 10.4. The van der Waals surface area contributed by atoms with Crippen molar-refractivity contribution in [2.75, 3.05) is 23.9 Å². The summed E-state index contributed by atoms with van der Waals surface area (Å²) in [5.74, 6) is 1.43. The Bertz CT molecular complexity index is 629. The number of amides is 1. The Hall–Kier alpha value is -2.22. The third-order valence-electron chi connectivity index (χ3n) is 2.70. The summed E-state index contributed by atoms with van der Waals surface area (Å²) in [7, 11) is 1.55. The van der Waals surface area contributed by atoms with E-state index in [9.17, 15) is 4.79 Å². The molecule has 1 aromatic carbocycles. The minimum absolute atomic E-state index is 0.0548. The zero-order chi connectivity index (χ0) is 15.2. The molecule has 0 radical (unpaired) electrons. The molecule has 3 N–H and O–H groups in total. The molecule has 7 nitrogen and oxygen atoms in total. The Morgan fingerprint density at radius 1 is 1.43 bits per heavy atom. The number of methoxy groups -OCH3 is 1.